The van der Waals surface area contributed by atoms with Gasteiger partial charge in [-0.05, 0) is 71.5 Å². The first-order valence-electron chi connectivity index (χ1n) is 9.44. The SMILES string of the molecule is CC(=O)NCCC(=O)NCCCN(CCCN)CCCNCCCN. The molecule has 0 spiro atoms. The predicted octanol–water partition coefficient (Wildman–Crippen LogP) is -1.00. The molecule has 0 fully saturated rings. The quantitative estimate of drug-likeness (QED) is 0.212. The van der Waals surface area contributed by atoms with Crippen LogP contribution < -0.4 is 27.4 Å². The molecule has 0 aliphatic rings. The maximum atomic E-state index is 11.6. The van der Waals surface area contributed by atoms with Gasteiger partial charge in [-0.15, -0.1) is 0 Å². The molecule has 8 nitrogen and oxygen atoms in total. The molecule has 0 unspecified atom stereocenters. The third-order valence-electron chi connectivity index (χ3n) is 3.76. The molecule has 0 radical (unpaired) electrons. The summed E-state index contributed by atoms with van der Waals surface area (Å²) in [6.07, 6.45) is 4.34. The summed E-state index contributed by atoms with van der Waals surface area (Å²) in [6.45, 7) is 8.88. The second kappa shape index (κ2) is 17.6. The van der Waals surface area contributed by atoms with Crippen LogP contribution in [0.3, 0.4) is 0 Å². The molecule has 2 amide bonds. The van der Waals surface area contributed by atoms with E-state index in [4.69, 9.17) is 11.5 Å². The molecular weight excluding hydrogens is 320 g/mol. The van der Waals surface area contributed by atoms with Gasteiger partial charge in [-0.3, -0.25) is 9.59 Å². The van der Waals surface area contributed by atoms with Gasteiger partial charge in [0.1, 0.15) is 0 Å². The molecule has 0 atom stereocenters. The fraction of sp³-hybridized carbons (Fsp3) is 0.882. The maximum absolute atomic E-state index is 11.6. The van der Waals surface area contributed by atoms with Crippen LogP contribution in [-0.4, -0.2) is 75.6 Å². The van der Waals surface area contributed by atoms with E-state index in [1.807, 2.05) is 0 Å². The van der Waals surface area contributed by atoms with Crippen LogP contribution in [0.25, 0.3) is 0 Å². The Balaban J connectivity index is 3.75. The molecule has 0 aliphatic carbocycles. The van der Waals surface area contributed by atoms with E-state index in [1.165, 1.54) is 6.92 Å². The first-order chi connectivity index (χ1) is 12.1. The van der Waals surface area contributed by atoms with Gasteiger partial charge in [-0.2, -0.15) is 0 Å². The van der Waals surface area contributed by atoms with Crippen molar-refractivity contribution in [1.29, 1.82) is 0 Å². The van der Waals surface area contributed by atoms with Crippen LogP contribution in [0, 0.1) is 0 Å². The number of carbonyl (C=O) groups excluding carboxylic acids is 2. The zero-order chi connectivity index (χ0) is 18.8. The van der Waals surface area contributed by atoms with E-state index in [-0.39, 0.29) is 11.8 Å². The van der Waals surface area contributed by atoms with Crippen molar-refractivity contribution in [2.24, 2.45) is 11.5 Å². The smallest absolute Gasteiger partial charge is 0.221 e. The minimum atomic E-state index is -0.110. The zero-order valence-electron chi connectivity index (χ0n) is 15.8. The van der Waals surface area contributed by atoms with E-state index < -0.39 is 0 Å². The van der Waals surface area contributed by atoms with Crippen molar-refractivity contribution in [3.8, 4) is 0 Å². The summed E-state index contributed by atoms with van der Waals surface area (Å²) >= 11 is 0. The number of hydrogen-bond donors (Lipinski definition) is 5. The summed E-state index contributed by atoms with van der Waals surface area (Å²) in [6, 6.07) is 0. The Morgan fingerprint density at radius 1 is 0.800 bits per heavy atom. The lowest BCUT2D eigenvalue weighted by molar-refractivity contribution is -0.121. The largest absolute Gasteiger partial charge is 0.356 e. The Bertz CT molecular complexity index is 341. The Hall–Kier alpha value is -1.22. The summed E-state index contributed by atoms with van der Waals surface area (Å²) in [4.78, 5) is 24.8. The van der Waals surface area contributed by atoms with Gasteiger partial charge in [0.15, 0.2) is 0 Å². The maximum Gasteiger partial charge on any atom is 0.221 e. The predicted molar refractivity (Wildman–Crippen MR) is 102 cm³/mol. The van der Waals surface area contributed by atoms with E-state index in [0.29, 0.717) is 26.1 Å². The van der Waals surface area contributed by atoms with Gasteiger partial charge in [-0.1, -0.05) is 0 Å². The first-order valence-corrected chi connectivity index (χ1v) is 9.44. The summed E-state index contributed by atoms with van der Waals surface area (Å²) in [5.41, 5.74) is 11.1. The molecule has 0 aromatic heterocycles. The number of nitrogens with two attached hydrogens (primary N) is 2. The number of carbonyl (C=O) groups is 2. The highest BCUT2D eigenvalue weighted by Gasteiger charge is 2.05. The summed E-state index contributed by atoms with van der Waals surface area (Å²) in [7, 11) is 0. The lowest BCUT2D eigenvalue weighted by atomic mass is 10.3. The fourth-order valence-electron chi connectivity index (χ4n) is 2.40. The molecular formula is C17H38N6O2. The van der Waals surface area contributed by atoms with E-state index in [2.05, 4.69) is 20.9 Å². The Morgan fingerprint density at radius 3 is 2.04 bits per heavy atom. The summed E-state index contributed by atoms with van der Waals surface area (Å²) in [5.74, 6) is -0.132. The number of nitrogens with one attached hydrogen (secondary N) is 3. The van der Waals surface area contributed by atoms with Crippen LogP contribution in [-0.2, 0) is 9.59 Å². The normalized spacial score (nSPS) is 10.9. The molecule has 0 aromatic carbocycles. The Morgan fingerprint density at radius 2 is 1.40 bits per heavy atom. The second-order valence-corrected chi connectivity index (χ2v) is 6.17. The van der Waals surface area contributed by atoms with Crippen molar-refractivity contribution in [3.63, 3.8) is 0 Å². The molecule has 0 aromatic rings. The Labute approximate surface area is 152 Å². The molecule has 0 rings (SSSR count). The average Bonchev–Trinajstić information content (AvgIpc) is 2.58. The van der Waals surface area contributed by atoms with Crippen molar-refractivity contribution in [3.05, 3.63) is 0 Å². The van der Waals surface area contributed by atoms with E-state index in [1.54, 1.807) is 0 Å². The standard InChI is InChI=1S/C17H38N6O2/c1-16(24)21-12-6-17(25)22-11-5-15-23(13-3-8-19)14-4-10-20-9-2-7-18/h20H,2-15,18-19H2,1H3,(H,21,24)(H,22,25). The summed E-state index contributed by atoms with van der Waals surface area (Å²) in [5, 5.41) is 8.90. The summed E-state index contributed by atoms with van der Waals surface area (Å²) < 4.78 is 0. The van der Waals surface area contributed by atoms with E-state index >= 15 is 0 Å². The molecule has 8 heteroatoms. The van der Waals surface area contributed by atoms with Crippen LogP contribution in [0.15, 0.2) is 0 Å². The third kappa shape index (κ3) is 17.4. The third-order valence-corrected chi connectivity index (χ3v) is 3.76. The monoisotopic (exact) mass is 358 g/mol. The van der Waals surface area contributed by atoms with Crippen LogP contribution in [0.1, 0.15) is 39.0 Å². The average molecular weight is 359 g/mol. The second-order valence-electron chi connectivity index (χ2n) is 6.17. The molecule has 0 saturated carbocycles. The molecule has 0 heterocycles. The van der Waals surface area contributed by atoms with Gasteiger partial charge < -0.3 is 32.3 Å². The minimum Gasteiger partial charge on any atom is -0.356 e. The van der Waals surface area contributed by atoms with Crippen LogP contribution in [0.4, 0.5) is 0 Å². The molecule has 0 saturated heterocycles. The van der Waals surface area contributed by atoms with E-state index in [0.717, 1.165) is 65.0 Å². The van der Waals surface area contributed by atoms with Crippen molar-refractivity contribution >= 4 is 11.8 Å². The number of nitrogens with zero attached hydrogens (tertiary/aromatic N) is 1. The number of hydrogen-bond acceptors (Lipinski definition) is 6. The highest BCUT2D eigenvalue weighted by atomic mass is 16.2. The first kappa shape index (κ1) is 23.8. The van der Waals surface area contributed by atoms with Crippen molar-refractivity contribution < 1.29 is 9.59 Å². The van der Waals surface area contributed by atoms with Gasteiger partial charge in [0.25, 0.3) is 0 Å². The Kier molecular flexibility index (Phi) is 16.7. The fourth-order valence-corrected chi connectivity index (χ4v) is 2.40. The molecule has 7 N–H and O–H groups in total. The lowest BCUT2D eigenvalue weighted by Gasteiger charge is -2.22. The van der Waals surface area contributed by atoms with Gasteiger partial charge in [0.2, 0.25) is 11.8 Å². The lowest BCUT2D eigenvalue weighted by Crippen LogP contribution is -2.34. The van der Waals surface area contributed by atoms with Crippen molar-refractivity contribution in [1.82, 2.24) is 20.9 Å². The van der Waals surface area contributed by atoms with E-state index in [9.17, 15) is 9.59 Å². The van der Waals surface area contributed by atoms with Crippen LogP contribution in [0.5, 0.6) is 0 Å². The van der Waals surface area contributed by atoms with Crippen LogP contribution in [0.2, 0.25) is 0 Å². The number of amides is 2. The molecule has 25 heavy (non-hydrogen) atoms. The molecule has 0 aliphatic heterocycles. The number of rotatable bonds is 17. The van der Waals surface area contributed by atoms with Crippen molar-refractivity contribution in [2.75, 3.05) is 58.9 Å². The van der Waals surface area contributed by atoms with Gasteiger partial charge in [0.05, 0.1) is 0 Å². The minimum absolute atomic E-state index is 0.0219. The van der Waals surface area contributed by atoms with Crippen LogP contribution >= 0.6 is 0 Å². The van der Waals surface area contributed by atoms with Gasteiger partial charge >= 0.3 is 0 Å². The van der Waals surface area contributed by atoms with Crippen molar-refractivity contribution in [2.45, 2.75) is 39.0 Å². The highest BCUT2D eigenvalue weighted by Crippen LogP contribution is 1.96. The zero-order valence-corrected chi connectivity index (χ0v) is 15.8. The van der Waals surface area contributed by atoms with Gasteiger partial charge in [0, 0.05) is 26.4 Å². The highest BCUT2D eigenvalue weighted by molar-refractivity contribution is 5.77. The molecule has 0 bridgehead atoms. The van der Waals surface area contributed by atoms with Gasteiger partial charge in [-0.25, -0.2) is 0 Å². The topological polar surface area (TPSA) is 126 Å². The molecule has 148 valence electrons.